The molecule has 0 radical (unpaired) electrons. The number of hydrogen-bond donors (Lipinski definition) is 0. The molecule has 0 amide bonds. The van der Waals surface area contributed by atoms with Gasteiger partial charge in [0.25, 0.3) is 0 Å². The van der Waals surface area contributed by atoms with Crippen molar-refractivity contribution in [2.24, 2.45) is 0 Å². The van der Waals surface area contributed by atoms with Gasteiger partial charge in [0.2, 0.25) is 0 Å². The molecular weight excluding hydrogens is 1010 g/mol. The zero-order valence-corrected chi connectivity index (χ0v) is 53.2. The molecule has 6 heteroatoms. The van der Waals surface area contributed by atoms with Gasteiger partial charge in [-0.15, -0.1) is 0 Å². The lowest BCUT2D eigenvalue weighted by Gasteiger charge is -2.18. The first-order valence-corrected chi connectivity index (χ1v) is 33.8. The summed E-state index contributed by atoms with van der Waals surface area (Å²) in [5, 5.41) is 0. The van der Waals surface area contributed by atoms with Crippen molar-refractivity contribution in [2.45, 2.75) is 303 Å². The predicted molar refractivity (Wildman–Crippen MR) is 357 cm³/mol. The average Bonchev–Trinajstić information content (AvgIpc) is 3.47. The number of esters is 3. The van der Waals surface area contributed by atoms with Gasteiger partial charge in [-0.05, 0) is 122 Å². The first-order chi connectivity index (χ1) is 40.5. The minimum absolute atomic E-state index is 0.0917. The molecule has 1 unspecified atom stereocenters. The number of rotatable bonds is 60. The van der Waals surface area contributed by atoms with Crippen molar-refractivity contribution in [3.8, 4) is 0 Å². The second-order valence-corrected chi connectivity index (χ2v) is 22.0. The van der Waals surface area contributed by atoms with Crippen molar-refractivity contribution < 1.29 is 28.6 Å². The fourth-order valence-corrected chi connectivity index (χ4v) is 9.10. The van der Waals surface area contributed by atoms with Gasteiger partial charge in [-0.3, -0.25) is 14.4 Å². The Hall–Kier alpha value is -4.71. The Kier molecular flexibility index (Phi) is 64.8. The van der Waals surface area contributed by atoms with Crippen LogP contribution in [0.4, 0.5) is 0 Å². The summed E-state index contributed by atoms with van der Waals surface area (Å²) in [6.45, 7) is 6.40. The van der Waals surface area contributed by atoms with Crippen LogP contribution in [-0.4, -0.2) is 37.2 Å². The fourth-order valence-electron chi connectivity index (χ4n) is 9.10. The number of allylic oxidation sites excluding steroid dienone is 24. The number of hydrogen-bond acceptors (Lipinski definition) is 6. The molecule has 82 heavy (non-hydrogen) atoms. The third-order valence-corrected chi connectivity index (χ3v) is 14.1. The molecule has 0 saturated heterocycles. The second-order valence-electron chi connectivity index (χ2n) is 22.0. The Balaban J connectivity index is 4.40. The van der Waals surface area contributed by atoms with Crippen LogP contribution in [0, 0.1) is 0 Å². The molecule has 0 N–H and O–H groups in total. The Morgan fingerprint density at radius 3 is 0.744 bits per heavy atom. The van der Waals surface area contributed by atoms with E-state index in [1.165, 1.54) is 96.3 Å². The third-order valence-electron chi connectivity index (χ3n) is 14.1. The van der Waals surface area contributed by atoms with E-state index in [1.807, 2.05) is 0 Å². The lowest BCUT2D eigenvalue weighted by molar-refractivity contribution is -0.167. The molecule has 0 saturated carbocycles. The topological polar surface area (TPSA) is 78.9 Å². The van der Waals surface area contributed by atoms with Gasteiger partial charge in [0.05, 0.1) is 0 Å². The van der Waals surface area contributed by atoms with E-state index in [4.69, 9.17) is 14.2 Å². The Morgan fingerprint density at radius 2 is 0.476 bits per heavy atom. The number of unbranched alkanes of at least 4 members (excludes halogenated alkanes) is 25. The molecule has 0 aromatic rings. The molecule has 0 spiro atoms. The van der Waals surface area contributed by atoms with Crippen LogP contribution >= 0.6 is 0 Å². The monoisotopic (exact) mass is 1130 g/mol. The van der Waals surface area contributed by atoms with Gasteiger partial charge in [0.1, 0.15) is 13.2 Å². The highest BCUT2D eigenvalue weighted by atomic mass is 16.6. The largest absolute Gasteiger partial charge is 0.462 e. The van der Waals surface area contributed by atoms with Gasteiger partial charge in [0.15, 0.2) is 6.10 Å². The first kappa shape index (κ1) is 77.3. The second kappa shape index (κ2) is 68.8. The van der Waals surface area contributed by atoms with Gasteiger partial charge in [0, 0.05) is 19.3 Å². The SMILES string of the molecule is CC/C=C\C/C=C\C/C=C\C/C=C\C/C=C\C/C=C\C/C=C\CCCCCCCCCC(=O)OCC(COC(=O)CCCCCCCCCCCCCCCC)OC(=O)CCCCCCC/C=C\C/C=C\C/C=C\C/C=C\C/C=C\CC. The van der Waals surface area contributed by atoms with Crippen molar-refractivity contribution in [1.29, 1.82) is 0 Å². The normalized spacial score (nSPS) is 13.1. The Labute approximate surface area is 506 Å². The van der Waals surface area contributed by atoms with E-state index in [9.17, 15) is 14.4 Å². The van der Waals surface area contributed by atoms with Crippen LogP contribution in [0.2, 0.25) is 0 Å². The van der Waals surface area contributed by atoms with E-state index in [-0.39, 0.29) is 31.1 Å². The van der Waals surface area contributed by atoms with Gasteiger partial charge in [-0.2, -0.15) is 0 Å². The van der Waals surface area contributed by atoms with Crippen molar-refractivity contribution in [1.82, 2.24) is 0 Å². The highest BCUT2D eigenvalue weighted by Gasteiger charge is 2.19. The van der Waals surface area contributed by atoms with Gasteiger partial charge >= 0.3 is 17.9 Å². The molecule has 0 fully saturated rings. The highest BCUT2D eigenvalue weighted by Crippen LogP contribution is 2.16. The van der Waals surface area contributed by atoms with Crippen LogP contribution < -0.4 is 0 Å². The van der Waals surface area contributed by atoms with E-state index in [2.05, 4.69) is 167 Å². The maximum Gasteiger partial charge on any atom is 0.306 e. The third kappa shape index (κ3) is 66.1. The summed E-state index contributed by atoms with van der Waals surface area (Å²) in [6.07, 6.45) is 98.5. The maximum absolute atomic E-state index is 12.9. The molecule has 1 atom stereocenters. The van der Waals surface area contributed by atoms with Crippen LogP contribution in [0.3, 0.4) is 0 Å². The minimum atomic E-state index is -0.799. The summed E-state index contributed by atoms with van der Waals surface area (Å²) in [4.78, 5) is 38.4. The molecule has 0 heterocycles. The lowest BCUT2D eigenvalue weighted by Crippen LogP contribution is -2.30. The Morgan fingerprint density at radius 1 is 0.256 bits per heavy atom. The summed E-state index contributed by atoms with van der Waals surface area (Å²) in [5.41, 5.74) is 0. The molecule has 6 nitrogen and oxygen atoms in total. The minimum Gasteiger partial charge on any atom is -0.462 e. The van der Waals surface area contributed by atoms with E-state index < -0.39 is 6.10 Å². The molecule has 0 rings (SSSR count). The van der Waals surface area contributed by atoms with E-state index >= 15 is 0 Å². The average molecular weight is 1130 g/mol. The van der Waals surface area contributed by atoms with Crippen LogP contribution in [0.5, 0.6) is 0 Å². The van der Waals surface area contributed by atoms with Crippen molar-refractivity contribution in [2.75, 3.05) is 13.2 Å². The summed E-state index contributed by atoms with van der Waals surface area (Å²) in [5.74, 6) is -0.917. The maximum atomic E-state index is 12.9. The summed E-state index contributed by atoms with van der Waals surface area (Å²) >= 11 is 0. The highest BCUT2D eigenvalue weighted by molar-refractivity contribution is 5.71. The number of ether oxygens (including phenoxy) is 3. The van der Waals surface area contributed by atoms with Crippen LogP contribution in [0.15, 0.2) is 146 Å². The molecule has 464 valence electrons. The zero-order valence-electron chi connectivity index (χ0n) is 53.2. The number of carbonyl (C=O) groups excluding carboxylic acids is 3. The summed E-state index contributed by atoms with van der Waals surface area (Å²) in [6, 6.07) is 0. The molecule has 0 aliphatic heterocycles. The van der Waals surface area contributed by atoms with Gasteiger partial charge < -0.3 is 14.2 Å². The van der Waals surface area contributed by atoms with E-state index in [1.54, 1.807) is 0 Å². The van der Waals surface area contributed by atoms with Crippen molar-refractivity contribution in [3.05, 3.63) is 146 Å². The first-order valence-electron chi connectivity index (χ1n) is 33.8. The van der Waals surface area contributed by atoms with E-state index in [0.717, 1.165) is 161 Å². The van der Waals surface area contributed by atoms with Crippen LogP contribution in [-0.2, 0) is 28.6 Å². The van der Waals surface area contributed by atoms with Crippen molar-refractivity contribution in [3.63, 3.8) is 0 Å². The zero-order chi connectivity index (χ0) is 59.2. The van der Waals surface area contributed by atoms with E-state index in [0.29, 0.717) is 19.3 Å². The molecular formula is C76H124O6. The fraction of sp³-hybridized carbons (Fsp3) is 0.645. The lowest BCUT2D eigenvalue weighted by atomic mass is 10.0. The molecule has 0 aliphatic rings. The van der Waals surface area contributed by atoms with Gasteiger partial charge in [-0.1, -0.05) is 301 Å². The predicted octanol–water partition coefficient (Wildman–Crippen LogP) is 23.5. The summed E-state index contributed by atoms with van der Waals surface area (Å²) in [7, 11) is 0. The van der Waals surface area contributed by atoms with Crippen LogP contribution in [0.25, 0.3) is 0 Å². The standard InChI is InChI=1S/C76H124O6/c1-4-7-10-13-16-19-22-25-28-30-32-34-35-36-37-38-39-40-41-43-44-46-48-51-54-57-60-63-66-69-75(78)81-72-73(71-80-74(77)68-65-62-59-56-53-50-27-24-21-18-15-12-9-6-3)82-76(79)70-67-64-61-58-55-52-49-47-45-42-33-31-29-26-23-20-17-14-11-8-5-2/h7-8,10-11,16-17,19-20,25-26,28-29,32-34,36-37,39-40,42-44,47,49,73H,4-6,9,12-15,18,21-24,27,30-31,35,38,41,45-46,48,50-72H2,1-3H3/b10-7-,11-8-,19-16-,20-17-,28-25-,29-26-,34-32-,37-36-,40-39-,42-33-,44-43-,49-47-. The molecule has 0 aromatic heterocycles. The Bertz CT molecular complexity index is 1780. The quantitative estimate of drug-likeness (QED) is 0.0261. The molecule has 0 aliphatic carbocycles. The van der Waals surface area contributed by atoms with Gasteiger partial charge in [-0.25, -0.2) is 0 Å². The summed E-state index contributed by atoms with van der Waals surface area (Å²) < 4.78 is 16.9. The van der Waals surface area contributed by atoms with Crippen LogP contribution in [0.1, 0.15) is 297 Å². The molecule has 0 bridgehead atoms. The smallest absolute Gasteiger partial charge is 0.306 e. The number of carbonyl (C=O) groups is 3. The van der Waals surface area contributed by atoms with Crippen molar-refractivity contribution >= 4 is 17.9 Å². The molecule has 0 aromatic carbocycles.